The molecule has 7 nitrogen and oxygen atoms in total. The van der Waals surface area contributed by atoms with Crippen molar-refractivity contribution in [2.24, 2.45) is 4.99 Å². The van der Waals surface area contributed by atoms with E-state index in [1.165, 1.54) is 11.3 Å². The van der Waals surface area contributed by atoms with Crippen LogP contribution in [0.3, 0.4) is 0 Å². The first-order valence-electron chi connectivity index (χ1n) is 9.24. The zero-order chi connectivity index (χ0) is 19.1. The lowest BCUT2D eigenvalue weighted by atomic mass is 10.2. The SMILES string of the molecule is CN=C(NCCn1cccc1)NCc1ccc(S(=O)(=O)N2CCCCC2)s1. The first-order valence-corrected chi connectivity index (χ1v) is 11.5. The highest BCUT2D eigenvalue weighted by Crippen LogP contribution is 2.26. The zero-order valence-corrected chi connectivity index (χ0v) is 17.2. The van der Waals surface area contributed by atoms with E-state index in [1.54, 1.807) is 17.4 Å². The monoisotopic (exact) mass is 409 g/mol. The smallest absolute Gasteiger partial charge is 0.252 e. The summed E-state index contributed by atoms with van der Waals surface area (Å²) in [4.78, 5) is 5.19. The lowest BCUT2D eigenvalue weighted by molar-refractivity contribution is 0.347. The van der Waals surface area contributed by atoms with Gasteiger partial charge in [0, 0.05) is 50.5 Å². The Morgan fingerprint density at radius 2 is 1.89 bits per heavy atom. The van der Waals surface area contributed by atoms with Crippen molar-refractivity contribution in [2.75, 3.05) is 26.7 Å². The molecule has 0 saturated carbocycles. The number of hydrogen-bond acceptors (Lipinski definition) is 4. The molecule has 3 heterocycles. The lowest BCUT2D eigenvalue weighted by Gasteiger charge is -2.25. The standard InChI is InChI=1S/C18H27N5O2S2/c1-19-18(20-9-14-22-10-5-6-11-22)21-15-16-7-8-17(26-16)27(24,25)23-12-3-2-4-13-23/h5-8,10-11H,2-4,9,12-15H2,1H3,(H2,19,20,21). The second kappa shape index (κ2) is 9.38. The van der Waals surface area contributed by atoms with Crippen LogP contribution in [-0.2, 0) is 23.1 Å². The molecule has 0 spiro atoms. The van der Waals surface area contributed by atoms with E-state index in [9.17, 15) is 8.42 Å². The molecule has 0 radical (unpaired) electrons. The Morgan fingerprint density at radius 1 is 1.15 bits per heavy atom. The first-order chi connectivity index (χ1) is 13.1. The molecule has 1 saturated heterocycles. The molecule has 0 bridgehead atoms. The number of nitrogens with zero attached hydrogens (tertiary/aromatic N) is 3. The summed E-state index contributed by atoms with van der Waals surface area (Å²) >= 11 is 1.33. The van der Waals surface area contributed by atoms with E-state index in [0.29, 0.717) is 29.8 Å². The van der Waals surface area contributed by atoms with Crippen LogP contribution in [0.25, 0.3) is 0 Å². The normalized spacial score (nSPS) is 16.4. The Labute approximate surface area is 165 Å². The van der Waals surface area contributed by atoms with Crippen LogP contribution in [0.1, 0.15) is 24.1 Å². The predicted octanol–water partition coefficient (Wildman–Crippen LogP) is 2.09. The van der Waals surface area contributed by atoms with Gasteiger partial charge < -0.3 is 15.2 Å². The Morgan fingerprint density at radius 3 is 2.59 bits per heavy atom. The zero-order valence-electron chi connectivity index (χ0n) is 15.6. The molecule has 9 heteroatoms. The Hall–Kier alpha value is -1.84. The third kappa shape index (κ3) is 5.33. The fourth-order valence-electron chi connectivity index (χ4n) is 3.04. The van der Waals surface area contributed by atoms with Crippen molar-refractivity contribution in [2.45, 2.75) is 36.6 Å². The Bertz CT molecular complexity index is 837. The van der Waals surface area contributed by atoms with E-state index >= 15 is 0 Å². The summed E-state index contributed by atoms with van der Waals surface area (Å²) in [6.45, 7) is 3.42. The molecule has 0 amide bonds. The second-order valence-electron chi connectivity index (χ2n) is 6.46. The number of aromatic nitrogens is 1. The van der Waals surface area contributed by atoms with Gasteiger partial charge in [-0.2, -0.15) is 4.31 Å². The van der Waals surface area contributed by atoms with E-state index in [-0.39, 0.29) is 0 Å². The third-order valence-corrected chi connectivity index (χ3v) is 7.98. The number of hydrogen-bond donors (Lipinski definition) is 2. The van der Waals surface area contributed by atoms with Crippen LogP contribution < -0.4 is 10.6 Å². The number of sulfonamides is 1. The van der Waals surface area contributed by atoms with Gasteiger partial charge in [0.2, 0.25) is 0 Å². The van der Waals surface area contributed by atoms with E-state index < -0.39 is 10.0 Å². The summed E-state index contributed by atoms with van der Waals surface area (Å²) in [6, 6.07) is 7.59. The van der Waals surface area contributed by atoms with Gasteiger partial charge in [-0.15, -0.1) is 11.3 Å². The minimum absolute atomic E-state index is 0.428. The molecule has 1 aliphatic heterocycles. The highest BCUT2D eigenvalue weighted by atomic mass is 32.2. The maximum atomic E-state index is 12.7. The van der Waals surface area contributed by atoms with Gasteiger partial charge in [0.05, 0.1) is 6.54 Å². The lowest BCUT2D eigenvalue weighted by Crippen LogP contribution is -2.38. The van der Waals surface area contributed by atoms with Crippen molar-refractivity contribution < 1.29 is 8.42 Å². The molecule has 2 N–H and O–H groups in total. The molecule has 148 valence electrons. The molecular weight excluding hydrogens is 382 g/mol. The van der Waals surface area contributed by atoms with Crippen LogP contribution in [0.5, 0.6) is 0 Å². The summed E-state index contributed by atoms with van der Waals surface area (Å²) in [6.07, 6.45) is 7.05. The number of guanidine groups is 1. The number of piperidine rings is 1. The topological polar surface area (TPSA) is 78.7 Å². The highest BCUT2D eigenvalue weighted by molar-refractivity contribution is 7.91. The van der Waals surface area contributed by atoms with Gasteiger partial charge >= 0.3 is 0 Å². The van der Waals surface area contributed by atoms with Crippen molar-refractivity contribution in [3.05, 3.63) is 41.5 Å². The van der Waals surface area contributed by atoms with Crippen LogP contribution in [0.15, 0.2) is 45.9 Å². The highest BCUT2D eigenvalue weighted by Gasteiger charge is 2.27. The summed E-state index contributed by atoms with van der Waals surface area (Å²) < 4.78 is 29.6. The first kappa shape index (κ1) is 19.9. The van der Waals surface area contributed by atoms with Crippen LogP contribution in [0.4, 0.5) is 0 Å². The van der Waals surface area contributed by atoms with Crippen LogP contribution in [-0.4, -0.2) is 49.9 Å². The molecule has 1 aliphatic rings. The van der Waals surface area contributed by atoms with E-state index in [2.05, 4.69) is 20.2 Å². The third-order valence-electron chi connectivity index (χ3n) is 4.53. The molecular formula is C18H27N5O2S2. The van der Waals surface area contributed by atoms with Crippen molar-refractivity contribution in [1.82, 2.24) is 19.5 Å². The van der Waals surface area contributed by atoms with Gasteiger partial charge in [0.1, 0.15) is 4.21 Å². The molecule has 0 unspecified atom stereocenters. The van der Waals surface area contributed by atoms with E-state index in [4.69, 9.17) is 0 Å². The average Bonchev–Trinajstić information content (AvgIpc) is 3.37. The van der Waals surface area contributed by atoms with Crippen LogP contribution >= 0.6 is 11.3 Å². The maximum absolute atomic E-state index is 12.7. The summed E-state index contributed by atoms with van der Waals surface area (Å²) in [5, 5.41) is 6.50. The van der Waals surface area contributed by atoms with E-state index in [1.807, 2.05) is 30.6 Å². The molecule has 1 fully saturated rings. The number of aliphatic imine (C=N–C) groups is 1. The largest absolute Gasteiger partial charge is 0.355 e. The number of nitrogens with one attached hydrogen (secondary N) is 2. The molecule has 3 rings (SSSR count). The van der Waals surface area contributed by atoms with Gasteiger partial charge in [0.25, 0.3) is 10.0 Å². The molecule has 2 aromatic rings. The molecule has 0 aliphatic carbocycles. The molecule has 0 aromatic carbocycles. The van der Waals surface area contributed by atoms with Crippen molar-refractivity contribution in [1.29, 1.82) is 0 Å². The van der Waals surface area contributed by atoms with Crippen molar-refractivity contribution in [3.8, 4) is 0 Å². The van der Waals surface area contributed by atoms with Gasteiger partial charge in [-0.25, -0.2) is 8.42 Å². The van der Waals surface area contributed by atoms with Crippen molar-refractivity contribution in [3.63, 3.8) is 0 Å². The summed E-state index contributed by atoms with van der Waals surface area (Å²) in [7, 11) is -1.62. The van der Waals surface area contributed by atoms with E-state index in [0.717, 1.165) is 37.2 Å². The van der Waals surface area contributed by atoms with Gasteiger partial charge in [-0.3, -0.25) is 4.99 Å². The average molecular weight is 410 g/mol. The fourth-order valence-corrected chi connectivity index (χ4v) is 6.01. The minimum atomic E-state index is -3.35. The summed E-state index contributed by atoms with van der Waals surface area (Å²) in [5.74, 6) is 0.705. The van der Waals surface area contributed by atoms with Crippen LogP contribution in [0, 0.1) is 0 Å². The van der Waals surface area contributed by atoms with Crippen molar-refractivity contribution >= 4 is 27.3 Å². The maximum Gasteiger partial charge on any atom is 0.252 e. The van der Waals surface area contributed by atoms with Gasteiger partial charge in [-0.05, 0) is 37.1 Å². The number of thiophene rings is 1. The second-order valence-corrected chi connectivity index (χ2v) is 9.79. The minimum Gasteiger partial charge on any atom is -0.355 e. The molecule has 0 atom stereocenters. The predicted molar refractivity (Wildman–Crippen MR) is 110 cm³/mol. The molecule has 2 aromatic heterocycles. The fraction of sp³-hybridized carbons (Fsp3) is 0.500. The van der Waals surface area contributed by atoms with Gasteiger partial charge in [0.15, 0.2) is 5.96 Å². The Kier molecular flexibility index (Phi) is 6.92. The van der Waals surface area contributed by atoms with Crippen LogP contribution in [0.2, 0.25) is 0 Å². The summed E-state index contributed by atoms with van der Waals surface area (Å²) in [5.41, 5.74) is 0. The Balaban J connectivity index is 1.50. The number of rotatable bonds is 7. The molecule has 27 heavy (non-hydrogen) atoms. The quantitative estimate of drug-likeness (QED) is 0.542. The van der Waals surface area contributed by atoms with Gasteiger partial charge in [-0.1, -0.05) is 6.42 Å².